The quantitative estimate of drug-likeness (QED) is 0.110. The highest BCUT2D eigenvalue weighted by atomic mass is 32.1. The summed E-state index contributed by atoms with van der Waals surface area (Å²) in [5.41, 5.74) is 2.48. The normalized spacial score (nSPS) is 17.1. The third-order valence-electron chi connectivity index (χ3n) is 6.96. The Morgan fingerprint density at radius 2 is 1.82 bits per heavy atom. The minimum Gasteiger partial charge on any atom is -0.507 e. The number of hydrogen-bond donors (Lipinski definition) is 1. The summed E-state index contributed by atoms with van der Waals surface area (Å²) in [5.74, 6) is -1.77. The van der Waals surface area contributed by atoms with Crippen LogP contribution in [0.3, 0.4) is 0 Å². The number of Topliss-reactive ketones (excluding diaryl/α,β-unsaturated/α-hetero) is 1. The molecule has 3 aromatic carbocycles. The molecule has 1 unspecified atom stereocenters. The third kappa shape index (κ3) is 5.23. The molecule has 6 nitrogen and oxygen atoms in total. The molecule has 1 amide bonds. The Balaban J connectivity index is 1.65. The lowest BCUT2D eigenvalue weighted by Crippen LogP contribution is -2.29. The minimum absolute atomic E-state index is 0.0374. The van der Waals surface area contributed by atoms with Gasteiger partial charge in [0.25, 0.3) is 5.78 Å². The second-order valence-electron chi connectivity index (χ2n) is 10.9. The van der Waals surface area contributed by atoms with E-state index >= 15 is 0 Å². The molecule has 1 N–H and O–H groups in total. The van der Waals surface area contributed by atoms with Crippen LogP contribution in [0.1, 0.15) is 63.3 Å². The smallest absolute Gasteiger partial charge is 0.301 e. The Hall–Kier alpha value is -4.04. The number of fused-ring (bicyclic) bond motifs is 1. The molecule has 2 heterocycles. The SMILES string of the molecule is CCCCOc1cccc(/C(O)=C2\C(=O)C(=O)N(c3nc4ccc(F)cc4s3)C2c2ccc(C(C)(C)C)cc2)c1. The molecule has 0 aliphatic carbocycles. The minimum atomic E-state index is -0.927. The van der Waals surface area contributed by atoms with E-state index in [4.69, 9.17) is 4.74 Å². The van der Waals surface area contributed by atoms with E-state index in [0.29, 0.717) is 33.7 Å². The lowest BCUT2D eigenvalue weighted by molar-refractivity contribution is -0.132. The van der Waals surface area contributed by atoms with Gasteiger partial charge in [-0.15, -0.1) is 0 Å². The standard InChI is InChI=1S/C32H31FN2O4S/c1-5-6-16-39-23-9-7-8-20(17-23)28(36)26-27(19-10-12-21(13-11-19)32(2,3)4)35(30(38)29(26)37)31-34-24-15-14-22(33)18-25(24)40-31/h7-15,17-18,27,36H,5-6,16H2,1-4H3/b28-26+. The van der Waals surface area contributed by atoms with Gasteiger partial charge in [0.05, 0.1) is 28.4 Å². The molecule has 1 atom stereocenters. The van der Waals surface area contributed by atoms with Gasteiger partial charge in [-0.3, -0.25) is 14.5 Å². The molecule has 1 fully saturated rings. The van der Waals surface area contributed by atoms with Gasteiger partial charge in [0.15, 0.2) is 5.13 Å². The van der Waals surface area contributed by atoms with Crippen LogP contribution in [-0.4, -0.2) is 28.4 Å². The van der Waals surface area contributed by atoms with E-state index in [9.17, 15) is 19.1 Å². The zero-order valence-corrected chi connectivity index (χ0v) is 23.7. The van der Waals surface area contributed by atoms with Crippen LogP contribution >= 0.6 is 11.3 Å². The number of aromatic nitrogens is 1. The number of ketones is 1. The predicted molar refractivity (Wildman–Crippen MR) is 156 cm³/mol. The van der Waals surface area contributed by atoms with Crippen molar-refractivity contribution in [2.45, 2.75) is 52.0 Å². The Bertz CT molecular complexity index is 1620. The predicted octanol–water partition coefficient (Wildman–Crippen LogP) is 7.54. The van der Waals surface area contributed by atoms with Crippen LogP contribution in [0.5, 0.6) is 5.75 Å². The molecular weight excluding hydrogens is 527 g/mol. The van der Waals surface area contributed by atoms with Crippen molar-refractivity contribution < 1.29 is 23.8 Å². The first-order valence-corrected chi connectivity index (χ1v) is 14.1. The fraction of sp³-hybridized carbons (Fsp3) is 0.281. The first kappa shape index (κ1) is 27.5. The molecule has 206 valence electrons. The van der Waals surface area contributed by atoms with Gasteiger partial charge in [-0.25, -0.2) is 9.37 Å². The zero-order chi connectivity index (χ0) is 28.6. The first-order chi connectivity index (χ1) is 19.1. The van der Waals surface area contributed by atoms with E-state index in [-0.39, 0.29) is 21.9 Å². The lowest BCUT2D eigenvalue weighted by atomic mass is 9.85. The number of hydrogen-bond acceptors (Lipinski definition) is 6. The van der Waals surface area contributed by atoms with Crippen molar-refractivity contribution in [3.8, 4) is 5.75 Å². The van der Waals surface area contributed by atoms with Gasteiger partial charge < -0.3 is 9.84 Å². The van der Waals surface area contributed by atoms with Crippen LogP contribution in [0.15, 0.2) is 72.3 Å². The van der Waals surface area contributed by atoms with Crippen molar-refractivity contribution in [1.29, 1.82) is 0 Å². The molecule has 5 rings (SSSR count). The van der Waals surface area contributed by atoms with Crippen molar-refractivity contribution in [3.63, 3.8) is 0 Å². The number of halogens is 1. The molecule has 40 heavy (non-hydrogen) atoms. The zero-order valence-electron chi connectivity index (χ0n) is 22.9. The van der Waals surface area contributed by atoms with E-state index < -0.39 is 23.5 Å². The first-order valence-electron chi connectivity index (χ1n) is 13.3. The summed E-state index contributed by atoms with van der Waals surface area (Å²) in [4.78, 5) is 33.0. The van der Waals surface area contributed by atoms with Crippen LogP contribution in [0.4, 0.5) is 9.52 Å². The van der Waals surface area contributed by atoms with Gasteiger partial charge in [0, 0.05) is 5.56 Å². The van der Waals surface area contributed by atoms with Crippen molar-refractivity contribution in [3.05, 3.63) is 94.8 Å². The number of carbonyl (C=O) groups is 2. The summed E-state index contributed by atoms with van der Waals surface area (Å²) in [6.07, 6.45) is 1.87. The highest BCUT2D eigenvalue weighted by molar-refractivity contribution is 7.22. The molecule has 1 aromatic heterocycles. The summed E-state index contributed by atoms with van der Waals surface area (Å²) in [6.45, 7) is 8.90. The summed E-state index contributed by atoms with van der Waals surface area (Å²) < 4.78 is 20.3. The van der Waals surface area contributed by atoms with E-state index in [1.807, 2.05) is 24.3 Å². The number of nitrogens with zero attached hydrogens (tertiary/aromatic N) is 2. The molecule has 0 radical (unpaired) electrons. The average Bonchev–Trinajstić information content (AvgIpc) is 3.45. The van der Waals surface area contributed by atoms with Crippen molar-refractivity contribution >= 4 is 44.1 Å². The number of amides is 1. The number of unbranched alkanes of at least 4 members (excludes halogenated alkanes) is 1. The van der Waals surface area contributed by atoms with Gasteiger partial charge in [-0.2, -0.15) is 0 Å². The second-order valence-corrected chi connectivity index (χ2v) is 11.9. The number of benzene rings is 3. The molecule has 0 saturated carbocycles. The molecule has 1 aliphatic rings. The Morgan fingerprint density at radius 3 is 2.52 bits per heavy atom. The summed E-state index contributed by atoms with van der Waals surface area (Å²) in [5, 5.41) is 11.8. The highest BCUT2D eigenvalue weighted by Gasteiger charge is 2.48. The fourth-order valence-corrected chi connectivity index (χ4v) is 5.74. The molecule has 0 bridgehead atoms. The van der Waals surface area contributed by atoms with E-state index in [2.05, 4.69) is 32.7 Å². The van der Waals surface area contributed by atoms with E-state index in [0.717, 1.165) is 29.7 Å². The van der Waals surface area contributed by atoms with Crippen molar-refractivity contribution in [2.75, 3.05) is 11.5 Å². The van der Waals surface area contributed by atoms with Crippen LogP contribution < -0.4 is 9.64 Å². The maximum absolute atomic E-state index is 13.9. The molecular formula is C32H31FN2O4S. The lowest BCUT2D eigenvalue weighted by Gasteiger charge is -2.24. The topological polar surface area (TPSA) is 79.7 Å². The van der Waals surface area contributed by atoms with Gasteiger partial charge in [0.1, 0.15) is 17.3 Å². The van der Waals surface area contributed by atoms with E-state index in [1.165, 1.54) is 17.0 Å². The van der Waals surface area contributed by atoms with Crippen molar-refractivity contribution in [1.82, 2.24) is 4.98 Å². The molecule has 8 heteroatoms. The number of anilines is 1. The average molecular weight is 559 g/mol. The Morgan fingerprint density at radius 1 is 1.07 bits per heavy atom. The molecule has 0 spiro atoms. The maximum atomic E-state index is 13.9. The number of aliphatic hydroxyl groups excluding tert-OH is 1. The van der Waals surface area contributed by atoms with Crippen LogP contribution in [0.2, 0.25) is 0 Å². The fourth-order valence-electron chi connectivity index (χ4n) is 4.72. The number of carbonyl (C=O) groups excluding carboxylic acids is 2. The Kier molecular flexibility index (Phi) is 7.47. The van der Waals surface area contributed by atoms with E-state index in [1.54, 1.807) is 30.3 Å². The maximum Gasteiger partial charge on any atom is 0.301 e. The third-order valence-corrected chi connectivity index (χ3v) is 7.97. The van der Waals surface area contributed by atoms with Crippen LogP contribution in [-0.2, 0) is 15.0 Å². The number of aliphatic hydroxyl groups is 1. The van der Waals surface area contributed by atoms with Crippen LogP contribution in [0.25, 0.3) is 16.0 Å². The molecule has 1 aliphatic heterocycles. The number of ether oxygens (including phenoxy) is 1. The Labute approximate surface area is 236 Å². The van der Waals surface area contributed by atoms with Gasteiger partial charge in [0.2, 0.25) is 0 Å². The summed E-state index contributed by atoms with van der Waals surface area (Å²) >= 11 is 1.12. The van der Waals surface area contributed by atoms with Crippen molar-refractivity contribution in [2.24, 2.45) is 0 Å². The number of thiazole rings is 1. The molecule has 4 aromatic rings. The van der Waals surface area contributed by atoms with Gasteiger partial charge in [-0.1, -0.05) is 81.9 Å². The van der Waals surface area contributed by atoms with Gasteiger partial charge in [-0.05, 0) is 53.3 Å². The highest BCUT2D eigenvalue weighted by Crippen LogP contribution is 2.45. The summed E-state index contributed by atoms with van der Waals surface area (Å²) in [7, 11) is 0. The largest absolute Gasteiger partial charge is 0.507 e. The second kappa shape index (κ2) is 10.8. The number of rotatable bonds is 7. The monoisotopic (exact) mass is 558 g/mol. The summed E-state index contributed by atoms with van der Waals surface area (Å²) in [6, 6.07) is 17.8. The van der Waals surface area contributed by atoms with Gasteiger partial charge >= 0.3 is 5.91 Å². The van der Waals surface area contributed by atoms with Crippen LogP contribution in [0, 0.1) is 5.82 Å². The molecule has 1 saturated heterocycles.